The van der Waals surface area contributed by atoms with Crippen molar-refractivity contribution < 1.29 is 0 Å². The van der Waals surface area contributed by atoms with Crippen molar-refractivity contribution in [2.24, 2.45) is 0 Å². The summed E-state index contributed by atoms with van der Waals surface area (Å²) in [6, 6.07) is 6.61. The summed E-state index contributed by atoms with van der Waals surface area (Å²) in [5.41, 5.74) is 2.33. The maximum atomic E-state index is 4.66. The number of imidazole rings is 1. The topological polar surface area (TPSA) is 42.7 Å². The van der Waals surface area contributed by atoms with Crippen LogP contribution in [0.5, 0.6) is 0 Å². The zero-order valence-electron chi connectivity index (χ0n) is 11.0. The van der Waals surface area contributed by atoms with Crippen molar-refractivity contribution >= 4 is 26.7 Å². The maximum absolute atomic E-state index is 4.66. The largest absolute Gasteiger partial charge is 0.357 e. The van der Waals surface area contributed by atoms with Gasteiger partial charge in [0.15, 0.2) is 5.13 Å². The number of thiazole rings is 1. The highest BCUT2D eigenvalue weighted by Crippen LogP contribution is 2.28. The fourth-order valence-electron chi connectivity index (χ4n) is 2.12. The molecule has 5 heteroatoms. The number of benzene rings is 1. The molecule has 1 aromatic carbocycles. The first-order valence-corrected chi connectivity index (χ1v) is 7.12. The van der Waals surface area contributed by atoms with Gasteiger partial charge >= 0.3 is 0 Å². The van der Waals surface area contributed by atoms with Crippen LogP contribution in [0.15, 0.2) is 36.9 Å². The Hall–Kier alpha value is -1.88. The average molecular weight is 272 g/mol. The van der Waals surface area contributed by atoms with E-state index < -0.39 is 0 Å². The van der Waals surface area contributed by atoms with E-state index in [0.717, 1.165) is 17.2 Å². The highest BCUT2D eigenvalue weighted by atomic mass is 32.1. The third-order valence-electron chi connectivity index (χ3n) is 3.03. The Morgan fingerprint density at radius 3 is 3.05 bits per heavy atom. The van der Waals surface area contributed by atoms with Gasteiger partial charge in [-0.05, 0) is 25.5 Å². The zero-order chi connectivity index (χ0) is 13.2. The molecule has 0 aliphatic carbocycles. The number of rotatable bonds is 4. The van der Waals surface area contributed by atoms with E-state index >= 15 is 0 Å². The molecule has 1 atom stereocenters. The third kappa shape index (κ3) is 2.61. The van der Waals surface area contributed by atoms with Crippen LogP contribution in [0.4, 0.5) is 5.13 Å². The molecule has 98 valence electrons. The molecule has 0 amide bonds. The minimum atomic E-state index is 0.315. The fourth-order valence-corrected chi connectivity index (χ4v) is 3.17. The molecule has 2 aromatic heterocycles. The normalized spacial score (nSPS) is 12.7. The average Bonchev–Trinajstić information content (AvgIpc) is 2.98. The van der Waals surface area contributed by atoms with Crippen molar-refractivity contribution in [2.45, 2.75) is 26.4 Å². The van der Waals surface area contributed by atoms with Gasteiger partial charge in [0.25, 0.3) is 0 Å². The van der Waals surface area contributed by atoms with E-state index in [0.29, 0.717) is 6.04 Å². The van der Waals surface area contributed by atoms with Gasteiger partial charge in [-0.15, -0.1) is 0 Å². The van der Waals surface area contributed by atoms with Crippen LogP contribution < -0.4 is 5.32 Å². The van der Waals surface area contributed by atoms with E-state index in [1.807, 2.05) is 12.5 Å². The lowest BCUT2D eigenvalue weighted by atomic mass is 10.2. The molecular formula is C14H16N4S. The summed E-state index contributed by atoms with van der Waals surface area (Å²) in [4.78, 5) is 8.71. The standard InChI is InChI=1S/C14H16N4S/c1-10-4-3-5-12-13(10)17-14(19-12)16-11(2)8-18-7-6-15-9-18/h3-7,9,11H,8H2,1-2H3,(H,16,17). The molecule has 0 saturated carbocycles. The molecule has 19 heavy (non-hydrogen) atoms. The first-order valence-electron chi connectivity index (χ1n) is 6.31. The minimum Gasteiger partial charge on any atom is -0.357 e. The van der Waals surface area contributed by atoms with Gasteiger partial charge < -0.3 is 9.88 Å². The van der Waals surface area contributed by atoms with Gasteiger partial charge in [-0.1, -0.05) is 23.5 Å². The number of nitrogens with zero attached hydrogens (tertiary/aromatic N) is 3. The SMILES string of the molecule is Cc1cccc2sc(NC(C)Cn3ccnc3)nc12. The second-order valence-corrected chi connectivity index (χ2v) is 5.78. The summed E-state index contributed by atoms with van der Waals surface area (Å²) in [5, 5.41) is 4.44. The Balaban J connectivity index is 1.76. The molecule has 0 radical (unpaired) electrons. The first-order chi connectivity index (χ1) is 9.22. The molecule has 1 unspecified atom stereocenters. The number of nitrogens with one attached hydrogen (secondary N) is 1. The van der Waals surface area contributed by atoms with E-state index in [4.69, 9.17) is 0 Å². The van der Waals surface area contributed by atoms with Crippen LogP contribution >= 0.6 is 11.3 Å². The summed E-state index contributed by atoms with van der Waals surface area (Å²) in [6.07, 6.45) is 5.61. The predicted octanol–water partition coefficient (Wildman–Crippen LogP) is 3.30. The van der Waals surface area contributed by atoms with Gasteiger partial charge in [-0.2, -0.15) is 0 Å². The Labute approximate surface area is 116 Å². The van der Waals surface area contributed by atoms with Crippen molar-refractivity contribution in [1.82, 2.24) is 14.5 Å². The van der Waals surface area contributed by atoms with Gasteiger partial charge in [0.05, 0.1) is 16.5 Å². The Morgan fingerprint density at radius 2 is 2.32 bits per heavy atom. The molecule has 0 bridgehead atoms. The van der Waals surface area contributed by atoms with Crippen molar-refractivity contribution in [1.29, 1.82) is 0 Å². The monoisotopic (exact) mass is 272 g/mol. The molecule has 3 rings (SSSR count). The summed E-state index contributed by atoms with van der Waals surface area (Å²) >= 11 is 1.71. The molecule has 4 nitrogen and oxygen atoms in total. The molecular weight excluding hydrogens is 256 g/mol. The molecule has 3 aromatic rings. The van der Waals surface area contributed by atoms with Crippen LogP contribution in [0.25, 0.3) is 10.2 Å². The Bertz CT molecular complexity index is 672. The summed E-state index contributed by atoms with van der Waals surface area (Å²) in [6.45, 7) is 5.13. The van der Waals surface area contributed by atoms with Crippen LogP contribution in [0.3, 0.4) is 0 Å². The second kappa shape index (κ2) is 5.01. The zero-order valence-corrected chi connectivity index (χ0v) is 11.8. The molecule has 0 spiro atoms. The first kappa shape index (κ1) is 12.2. The van der Waals surface area contributed by atoms with E-state index in [2.05, 4.69) is 51.9 Å². The molecule has 0 fully saturated rings. The van der Waals surface area contributed by atoms with Crippen LogP contribution in [0.2, 0.25) is 0 Å². The van der Waals surface area contributed by atoms with Crippen molar-refractivity contribution in [2.75, 3.05) is 5.32 Å². The van der Waals surface area contributed by atoms with Crippen molar-refractivity contribution in [3.8, 4) is 0 Å². The summed E-state index contributed by atoms with van der Waals surface area (Å²) in [7, 11) is 0. The molecule has 2 heterocycles. The minimum absolute atomic E-state index is 0.315. The number of para-hydroxylation sites is 1. The van der Waals surface area contributed by atoms with Crippen LogP contribution in [0.1, 0.15) is 12.5 Å². The Morgan fingerprint density at radius 1 is 1.42 bits per heavy atom. The van der Waals surface area contributed by atoms with Crippen molar-refractivity contribution in [3.63, 3.8) is 0 Å². The fraction of sp³-hybridized carbons (Fsp3) is 0.286. The van der Waals surface area contributed by atoms with Crippen LogP contribution in [-0.2, 0) is 6.54 Å². The van der Waals surface area contributed by atoms with Crippen molar-refractivity contribution in [3.05, 3.63) is 42.5 Å². The van der Waals surface area contributed by atoms with E-state index in [9.17, 15) is 0 Å². The highest BCUT2D eigenvalue weighted by molar-refractivity contribution is 7.22. The predicted molar refractivity (Wildman–Crippen MR) is 79.7 cm³/mol. The van der Waals surface area contributed by atoms with E-state index in [1.54, 1.807) is 17.5 Å². The van der Waals surface area contributed by atoms with Crippen LogP contribution in [0, 0.1) is 6.92 Å². The third-order valence-corrected chi connectivity index (χ3v) is 3.99. The second-order valence-electron chi connectivity index (χ2n) is 4.75. The number of hydrogen-bond acceptors (Lipinski definition) is 4. The van der Waals surface area contributed by atoms with Gasteiger partial charge in [-0.25, -0.2) is 9.97 Å². The van der Waals surface area contributed by atoms with E-state index in [1.165, 1.54) is 10.3 Å². The van der Waals surface area contributed by atoms with E-state index in [-0.39, 0.29) is 0 Å². The lowest BCUT2D eigenvalue weighted by molar-refractivity contribution is 0.618. The highest BCUT2D eigenvalue weighted by Gasteiger charge is 2.08. The van der Waals surface area contributed by atoms with Gasteiger partial charge in [0, 0.05) is 25.0 Å². The molecule has 0 aliphatic rings. The van der Waals surface area contributed by atoms with Gasteiger partial charge in [0.1, 0.15) is 0 Å². The van der Waals surface area contributed by atoms with Crippen LogP contribution in [-0.4, -0.2) is 20.6 Å². The number of fused-ring (bicyclic) bond motifs is 1. The number of aromatic nitrogens is 3. The van der Waals surface area contributed by atoms with Gasteiger partial charge in [0.2, 0.25) is 0 Å². The maximum Gasteiger partial charge on any atom is 0.184 e. The molecule has 0 saturated heterocycles. The quantitative estimate of drug-likeness (QED) is 0.792. The summed E-state index contributed by atoms with van der Waals surface area (Å²) < 4.78 is 3.30. The Kier molecular flexibility index (Phi) is 3.21. The number of aryl methyl sites for hydroxylation is 1. The summed E-state index contributed by atoms with van der Waals surface area (Å²) in [5.74, 6) is 0. The smallest absolute Gasteiger partial charge is 0.184 e. The lowest BCUT2D eigenvalue weighted by Crippen LogP contribution is -2.21. The molecule has 1 N–H and O–H groups in total. The molecule has 0 aliphatic heterocycles. The number of hydrogen-bond donors (Lipinski definition) is 1. The van der Waals surface area contributed by atoms with Gasteiger partial charge in [-0.3, -0.25) is 0 Å². The lowest BCUT2D eigenvalue weighted by Gasteiger charge is -2.12. The number of anilines is 1.